The van der Waals surface area contributed by atoms with Gasteiger partial charge in [0.15, 0.2) is 0 Å². The van der Waals surface area contributed by atoms with Crippen LogP contribution in [0.3, 0.4) is 0 Å². The van der Waals surface area contributed by atoms with Crippen molar-refractivity contribution < 1.29 is 9.53 Å². The van der Waals surface area contributed by atoms with Crippen LogP contribution in [0.5, 0.6) is 0 Å². The van der Waals surface area contributed by atoms with E-state index in [2.05, 4.69) is 10.2 Å². The molecule has 0 spiro atoms. The molecule has 1 N–H and O–H groups in total. The van der Waals surface area contributed by atoms with E-state index in [9.17, 15) is 4.79 Å². The fraction of sp³-hybridized carbons (Fsp3) is 0.389. The van der Waals surface area contributed by atoms with Crippen molar-refractivity contribution in [3.05, 3.63) is 52.0 Å². The van der Waals surface area contributed by atoms with Gasteiger partial charge in [0.25, 0.3) is 0 Å². The first-order valence-electron chi connectivity index (χ1n) is 8.03. The van der Waals surface area contributed by atoms with Crippen molar-refractivity contribution in [1.82, 2.24) is 10.2 Å². The highest BCUT2D eigenvalue weighted by Gasteiger charge is 2.09. The first kappa shape index (κ1) is 19.0. The average molecular weight is 369 g/mol. The molecule has 0 atom stereocenters. The maximum Gasteiger partial charge on any atom is 0.243 e. The summed E-state index contributed by atoms with van der Waals surface area (Å²) in [5.41, 5.74) is 0.931. The Kier molecular flexibility index (Phi) is 8.33. The zero-order chi connectivity index (χ0) is 17.2. The molecule has 0 aliphatic carbocycles. The zero-order valence-electron chi connectivity index (χ0n) is 13.5. The number of ether oxygens (including phenoxy) is 1. The van der Waals surface area contributed by atoms with Crippen LogP contribution < -0.4 is 5.32 Å². The third-order valence-electron chi connectivity index (χ3n) is 3.65. The number of carbonyl (C=O) groups is 1. The minimum absolute atomic E-state index is 0.0873. The summed E-state index contributed by atoms with van der Waals surface area (Å²) in [6.07, 6.45) is 7.83. The third kappa shape index (κ3) is 7.05. The van der Waals surface area contributed by atoms with E-state index in [-0.39, 0.29) is 5.91 Å². The summed E-state index contributed by atoms with van der Waals surface area (Å²) in [6, 6.07) is 5.39. The van der Waals surface area contributed by atoms with Crippen molar-refractivity contribution in [2.45, 2.75) is 6.42 Å². The normalized spacial score (nSPS) is 16.1. The highest BCUT2D eigenvalue weighted by molar-refractivity contribution is 6.42. The molecule has 1 aromatic rings. The van der Waals surface area contributed by atoms with Gasteiger partial charge in [-0.05, 0) is 30.7 Å². The van der Waals surface area contributed by atoms with Crippen molar-refractivity contribution in [2.24, 2.45) is 0 Å². The second-order valence-corrected chi connectivity index (χ2v) is 6.30. The molecule has 1 amide bonds. The van der Waals surface area contributed by atoms with Gasteiger partial charge >= 0.3 is 0 Å². The molecular formula is C18H22Cl2N2O2. The predicted octanol–water partition coefficient (Wildman–Crippen LogP) is 3.40. The summed E-state index contributed by atoms with van der Waals surface area (Å²) >= 11 is 11.8. The van der Waals surface area contributed by atoms with Gasteiger partial charge in [-0.25, -0.2) is 0 Å². The molecular weight excluding hydrogens is 347 g/mol. The minimum atomic E-state index is -0.0873. The van der Waals surface area contributed by atoms with Gasteiger partial charge in [0, 0.05) is 25.7 Å². The lowest BCUT2D eigenvalue weighted by Crippen LogP contribution is -2.38. The summed E-state index contributed by atoms with van der Waals surface area (Å²) in [5, 5.41) is 3.92. The molecule has 2 rings (SSSR count). The maximum atomic E-state index is 11.7. The molecule has 1 saturated heterocycles. The molecule has 0 aromatic heterocycles. The van der Waals surface area contributed by atoms with Crippen molar-refractivity contribution in [3.63, 3.8) is 0 Å². The van der Waals surface area contributed by atoms with Gasteiger partial charge in [-0.1, -0.05) is 47.5 Å². The smallest absolute Gasteiger partial charge is 0.243 e. The van der Waals surface area contributed by atoms with Crippen molar-refractivity contribution >= 4 is 35.2 Å². The number of nitrogens with one attached hydrogen (secondary N) is 1. The number of halogens is 2. The molecule has 1 aliphatic heterocycles. The molecule has 0 unspecified atom stereocenters. The van der Waals surface area contributed by atoms with Crippen LogP contribution in [0.4, 0.5) is 0 Å². The minimum Gasteiger partial charge on any atom is -0.379 e. The van der Waals surface area contributed by atoms with Gasteiger partial charge in [0.05, 0.1) is 23.3 Å². The van der Waals surface area contributed by atoms with E-state index in [1.807, 2.05) is 12.1 Å². The lowest BCUT2D eigenvalue weighted by molar-refractivity contribution is -0.116. The Balaban J connectivity index is 1.63. The van der Waals surface area contributed by atoms with Crippen LogP contribution >= 0.6 is 23.2 Å². The first-order valence-corrected chi connectivity index (χ1v) is 8.78. The van der Waals surface area contributed by atoms with Crippen LogP contribution in [-0.2, 0) is 9.53 Å². The number of amides is 1. The molecule has 1 fully saturated rings. The van der Waals surface area contributed by atoms with Gasteiger partial charge in [0.2, 0.25) is 5.91 Å². The standard InChI is InChI=1S/C18H22Cl2N2O2/c19-16-7-6-15(14-17(16)20)4-1-2-5-18(23)21-8-3-9-22-10-12-24-13-11-22/h1-2,4-7,14H,3,8-13H2,(H,21,23). The number of hydrogen-bond acceptors (Lipinski definition) is 3. The van der Waals surface area contributed by atoms with Gasteiger partial charge in [0.1, 0.15) is 0 Å². The number of nitrogens with zero attached hydrogens (tertiary/aromatic N) is 1. The Morgan fingerprint density at radius 3 is 2.75 bits per heavy atom. The molecule has 130 valence electrons. The van der Waals surface area contributed by atoms with E-state index >= 15 is 0 Å². The van der Waals surface area contributed by atoms with Gasteiger partial charge in [-0.15, -0.1) is 0 Å². The second-order valence-electron chi connectivity index (χ2n) is 5.49. The molecule has 6 heteroatoms. The van der Waals surface area contributed by atoms with E-state index in [0.717, 1.165) is 44.8 Å². The zero-order valence-corrected chi connectivity index (χ0v) is 15.0. The molecule has 24 heavy (non-hydrogen) atoms. The fourth-order valence-electron chi connectivity index (χ4n) is 2.32. The number of carbonyl (C=O) groups excluding carboxylic acids is 1. The quantitative estimate of drug-likeness (QED) is 0.455. The first-order chi connectivity index (χ1) is 11.6. The lowest BCUT2D eigenvalue weighted by Gasteiger charge is -2.26. The second kappa shape index (κ2) is 10.5. The van der Waals surface area contributed by atoms with Crippen molar-refractivity contribution in [1.29, 1.82) is 0 Å². The summed E-state index contributed by atoms with van der Waals surface area (Å²) in [7, 11) is 0. The van der Waals surface area contributed by atoms with Gasteiger partial charge in [-0.2, -0.15) is 0 Å². The Bertz CT molecular complexity index is 597. The van der Waals surface area contributed by atoms with E-state index in [1.54, 1.807) is 24.3 Å². The van der Waals surface area contributed by atoms with Crippen molar-refractivity contribution in [2.75, 3.05) is 39.4 Å². The summed E-state index contributed by atoms with van der Waals surface area (Å²) in [4.78, 5) is 14.1. The monoisotopic (exact) mass is 368 g/mol. The number of hydrogen-bond donors (Lipinski definition) is 1. The molecule has 4 nitrogen and oxygen atoms in total. The highest BCUT2D eigenvalue weighted by Crippen LogP contribution is 2.23. The Morgan fingerprint density at radius 1 is 1.21 bits per heavy atom. The maximum absolute atomic E-state index is 11.7. The number of morpholine rings is 1. The van der Waals surface area contributed by atoms with E-state index in [1.165, 1.54) is 6.08 Å². The molecule has 1 aromatic carbocycles. The lowest BCUT2D eigenvalue weighted by atomic mass is 10.2. The van der Waals surface area contributed by atoms with Crippen LogP contribution in [-0.4, -0.2) is 50.2 Å². The molecule has 1 heterocycles. The van der Waals surface area contributed by atoms with Crippen LogP contribution in [0.1, 0.15) is 12.0 Å². The van der Waals surface area contributed by atoms with Crippen molar-refractivity contribution in [3.8, 4) is 0 Å². The van der Waals surface area contributed by atoms with E-state index in [0.29, 0.717) is 16.6 Å². The molecule has 1 aliphatic rings. The Hall–Kier alpha value is -1.33. The average Bonchev–Trinajstić information content (AvgIpc) is 2.59. The fourth-order valence-corrected chi connectivity index (χ4v) is 2.63. The topological polar surface area (TPSA) is 41.6 Å². The number of allylic oxidation sites excluding steroid dienone is 2. The third-order valence-corrected chi connectivity index (χ3v) is 4.38. The van der Waals surface area contributed by atoms with Crippen LogP contribution in [0, 0.1) is 0 Å². The van der Waals surface area contributed by atoms with Crippen LogP contribution in [0.2, 0.25) is 10.0 Å². The number of benzene rings is 1. The largest absolute Gasteiger partial charge is 0.379 e. The number of rotatable bonds is 7. The van der Waals surface area contributed by atoms with Gasteiger partial charge in [-0.3, -0.25) is 9.69 Å². The summed E-state index contributed by atoms with van der Waals surface area (Å²) in [6.45, 7) is 5.24. The van der Waals surface area contributed by atoms with Crippen LogP contribution in [0.25, 0.3) is 6.08 Å². The van der Waals surface area contributed by atoms with E-state index < -0.39 is 0 Å². The molecule has 0 saturated carbocycles. The molecule has 0 bridgehead atoms. The summed E-state index contributed by atoms with van der Waals surface area (Å²) < 4.78 is 5.30. The van der Waals surface area contributed by atoms with Gasteiger partial charge < -0.3 is 10.1 Å². The molecule has 0 radical (unpaired) electrons. The van der Waals surface area contributed by atoms with E-state index in [4.69, 9.17) is 27.9 Å². The van der Waals surface area contributed by atoms with Crippen LogP contribution in [0.15, 0.2) is 36.4 Å². The predicted molar refractivity (Wildman–Crippen MR) is 99.5 cm³/mol. The SMILES string of the molecule is O=C(C=CC=Cc1ccc(Cl)c(Cl)c1)NCCCN1CCOCC1. The Labute approximate surface area is 153 Å². The Morgan fingerprint density at radius 2 is 2.00 bits per heavy atom. The highest BCUT2D eigenvalue weighted by atomic mass is 35.5. The summed E-state index contributed by atoms with van der Waals surface area (Å²) in [5.74, 6) is -0.0873.